The molecular formula is C30H36N2O4. The number of ketones is 2. The van der Waals surface area contributed by atoms with Crippen LogP contribution >= 0.6 is 0 Å². The van der Waals surface area contributed by atoms with E-state index in [9.17, 15) is 14.4 Å². The van der Waals surface area contributed by atoms with Gasteiger partial charge in [0.25, 0.3) is 5.91 Å². The van der Waals surface area contributed by atoms with E-state index in [1.54, 1.807) is 11.0 Å². The van der Waals surface area contributed by atoms with Gasteiger partial charge in [-0.3, -0.25) is 14.4 Å². The van der Waals surface area contributed by atoms with Crippen LogP contribution < -0.4 is 4.74 Å². The number of Topliss-reactive ketones (excluding diaryl/α,β-unsaturated/α-hetero) is 2. The number of likely N-dealkylation sites (tertiary alicyclic amines) is 1. The zero-order valence-electron chi connectivity index (χ0n) is 21.4. The van der Waals surface area contributed by atoms with Crippen molar-refractivity contribution in [2.24, 2.45) is 5.92 Å². The minimum absolute atomic E-state index is 0.0352. The van der Waals surface area contributed by atoms with E-state index < -0.39 is 6.04 Å². The standard InChI is InChI=1S/C30H36N2O4/c1-20(2)31-14-12-22(13-15-31)16-21-6-8-23(9-7-21)19-36-29-5-3-4-25-26(29)18-32(30(25)35)27-11-10-24(33)17-28(27)34/h3-9,20,22,27H,10-19H2,1-2H3. The number of fused-ring (bicyclic) bond motifs is 1. The minimum atomic E-state index is -0.513. The molecule has 1 saturated heterocycles. The van der Waals surface area contributed by atoms with Gasteiger partial charge in [-0.15, -0.1) is 0 Å². The van der Waals surface area contributed by atoms with Crippen LogP contribution in [0.2, 0.25) is 0 Å². The molecular weight excluding hydrogens is 452 g/mol. The number of hydrogen-bond donors (Lipinski definition) is 0. The molecule has 2 heterocycles. The summed E-state index contributed by atoms with van der Waals surface area (Å²) in [5.74, 6) is 1.10. The number of nitrogens with zero attached hydrogens (tertiary/aromatic N) is 2. The number of carbonyl (C=O) groups is 3. The van der Waals surface area contributed by atoms with E-state index >= 15 is 0 Å². The third-order valence-electron chi connectivity index (χ3n) is 8.09. The Hall–Kier alpha value is -2.99. The Bertz CT molecular complexity index is 1130. The van der Waals surface area contributed by atoms with E-state index in [0.717, 1.165) is 23.5 Å². The molecule has 6 nitrogen and oxygen atoms in total. The first-order valence-corrected chi connectivity index (χ1v) is 13.3. The lowest BCUT2D eigenvalue weighted by Gasteiger charge is -2.34. The lowest BCUT2D eigenvalue weighted by atomic mass is 9.89. The van der Waals surface area contributed by atoms with Crippen molar-refractivity contribution in [3.63, 3.8) is 0 Å². The van der Waals surface area contributed by atoms with Crippen LogP contribution in [0, 0.1) is 5.92 Å². The van der Waals surface area contributed by atoms with Gasteiger partial charge < -0.3 is 14.5 Å². The fourth-order valence-corrected chi connectivity index (χ4v) is 5.84. The molecule has 0 bridgehead atoms. The first-order valence-electron chi connectivity index (χ1n) is 13.3. The number of amides is 1. The van der Waals surface area contributed by atoms with Gasteiger partial charge in [0.05, 0.1) is 19.0 Å². The number of ether oxygens (including phenoxy) is 1. The van der Waals surface area contributed by atoms with Crippen molar-refractivity contribution in [1.82, 2.24) is 9.80 Å². The normalized spacial score (nSPS) is 21.4. The van der Waals surface area contributed by atoms with Crippen LogP contribution in [0.4, 0.5) is 0 Å². The maximum absolute atomic E-state index is 13.0. The summed E-state index contributed by atoms with van der Waals surface area (Å²) in [6.45, 7) is 7.72. The molecule has 5 rings (SSSR count). The van der Waals surface area contributed by atoms with Gasteiger partial charge in [0.2, 0.25) is 0 Å². The molecule has 2 aromatic rings. The number of hydrogen-bond acceptors (Lipinski definition) is 5. The predicted molar refractivity (Wildman–Crippen MR) is 138 cm³/mol. The highest BCUT2D eigenvalue weighted by atomic mass is 16.5. The van der Waals surface area contributed by atoms with Crippen molar-refractivity contribution >= 4 is 17.5 Å². The zero-order valence-corrected chi connectivity index (χ0v) is 21.4. The van der Waals surface area contributed by atoms with E-state index in [1.807, 2.05) is 12.1 Å². The smallest absolute Gasteiger partial charge is 0.255 e. The molecule has 1 atom stereocenters. The van der Waals surface area contributed by atoms with Crippen LogP contribution in [-0.4, -0.2) is 52.4 Å². The summed E-state index contributed by atoms with van der Waals surface area (Å²) < 4.78 is 6.16. The molecule has 36 heavy (non-hydrogen) atoms. The molecule has 1 unspecified atom stereocenters. The number of carbonyl (C=O) groups excluding carboxylic acids is 3. The monoisotopic (exact) mass is 488 g/mol. The molecule has 0 N–H and O–H groups in total. The second-order valence-corrected chi connectivity index (χ2v) is 10.8. The van der Waals surface area contributed by atoms with Gasteiger partial charge in [-0.25, -0.2) is 0 Å². The maximum Gasteiger partial charge on any atom is 0.255 e. The van der Waals surface area contributed by atoms with Crippen molar-refractivity contribution in [2.45, 2.75) is 77.6 Å². The maximum atomic E-state index is 13.0. The molecule has 1 saturated carbocycles. The van der Waals surface area contributed by atoms with E-state index in [0.29, 0.717) is 43.3 Å². The number of rotatable bonds is 7. The molecule has 0 aromatic heterocycles. The van der Waals surface area contributed by atoms with Crippen LogP contribution in [0.3, 0.4) is 0 Å². The fraction of sp³-hybridized carbons (Fsp3) is 0.500. The summed E-state index contributed by atoms with van der Waals surface area (Å²) >= 11 is 0. The Labute approximate surface area is 213 Å². The second-order valence-electron chi connectivity index (χ2n) is 10.8. The average Bonchev–Trinajstić information content (AvgIpc) is 3.21. The lowest BCUT2D eigenvalue weighted by molar-refractivity contribution is -0.133. The van der Waals surface area contributed by atoms with Crippen molar-refractivity contribution in [2.75, 3.05) is 13.1 Å². The van der Waals surface area contributed by atoms with Crippen molar-refractivity contribution in [1.29, 1.82) is 0 Å². The summed E-state index contributed by atoms with van der Waals surface area (Å²) in [6.07, 6.45) is 4.36. The molecule has 2 fully saturated rings. The van der Waals surface area contributed by atoms with Crippen LogP contribution in [0.5, 0.6) is 5.75 Å². The van der Waals surface area contributed by atoms with E-state index in [2.05, 4.69) is 43.0 Å². The van der Waals surface area contributed by atoms with Gasteiger partial charge in [0.15, 0.2) is 5.78 Å². The van der Waals surface area contributed by atoms with Crippen molar-refractivity contribution in [3.05, 3.63) is 64.7 Å². The predicted octanol–water partition coefficient (Wildman–Crippen LogP) is 4.58. The highest BCUT2D eigenvalue weighted by molar-refractivity contribution is 6.07. The topological polar surface area (TPSA) is 66.9 Å². The fourth-order valence-electron chi connectivity index (χ4n) is 5.84. The van der Waals surface area contributed by atoms with Gasteiger partial charge in [0, 0.05) is 23.6 Å². The Morgan fingerprint density at radius 2 is 1.67 bits per heavy atom. The van der Waals surface area contributed by atoms with Gasteiger partial charge in [-0.1, -0.05) is 30.3 Å². The van der Waals surface area contributed by atoms with Crippen LogP contribution in [-0.2, 0) is 29.2 Å². The molecule has 2 aromatic carbocycles. The zero-order chi connectivity index (χ0) is 25.2. The largest absolute Gasteiger partial charge is 0.489 e. The second kappa shape index (κ2) is 10.6. The Balaban J connectivity index is 1.18. The quantitative estimate of drug-likeness (QED) is 0.534. The van der Waals surface area contributed by atoms with Crippen LogP contribution in [0.1, 0.15) is 73.0 Å². The van der Waals surface area contributed by atoms with Crippen LogP contribution in [0.15, 0.2) is 42.5 Å². The van der Waals surface area contributed by atoms with Gasteiger partial charge in [0.1, 0.15) is 18.1 Å². The van der Waals surface area contributed by atoms with E-state index in [4.69, 9.17) is 4.74 Å². The molecule has 190 valence electrons. The SMILES string of the molecule is CC(C)N1CCC(Cc2ccc(COc3cccc4c3CN(C3CCC(=O)CC3=O)C4=O)cc2)CC1. The lowest BCUT2D eigenvalue weighted by Crippen LogP contribution is -2.44. The average molecular weight is 489 g/mol. The molecule has 1 aliphatic carbocycles. The van der Waals surface area contributed by atoms with Gasteiger partial charge in [-0.05, 0) is 81.8 Å². The summed E-state index contributed by atoms with van der Waals surface area (Å²) in [6, 6.07) is 14.3. The highest BCUT2D eigenvalue weighted by Crippen LogP contribution is 2.34. The van der Waals surface area contributed by atoms with E-state index in [-0.39, 0.29) is 23.9 Å². The molecule has 1 amide bonds. The first-order chi connectivity index (χ1) is 17.4. The summed E-state index contributed by atoms with van der Waals surface area (Å²) in [7, 11) is 0. The molecule has 0 radical (unpaired) electrons. The minimum Gasteiger partial charge on any atom is -0.489 e. The van der Waals surface area contributed by atoms with Crippen molar-refractivity contribution < 1.29 is 19.1 Å². The summed E-state index contributed by atoms with van der Waals surface area (Å²) in [4.78, 5) is 41.3. The van der Waals surface area contributed by atoms with Gasteiger partial charge >= 0.3 is 0 Å². The number of piperidine rings is 1. The Morgan fingerprint density at radius 3 is 2.36 bits per heavy atom. The van der Waals surface area contributed by atoms with Gasteiger partial charge in [-0.2, -0.15) is 0 Å². The molecule has 2 aliphatic heterocycles. The molecule has 6 heteroatoms. The third kappa shape index (κ3) is 5.24. The molecule has 0 spiro atoms. The number of benzene rings is 2. The van der Waals surface area contributed by atoms with Crippen LogP contribution in [0.25, 0.3) is 0 Å². The Morgan fingerprint density at radius 1 is 0.944 bits per heavy atom. The summed E-state index contributed by atoms with van der Waals surface area (Å²) in [5, 5.41) is 0. The highest BCUT2D eigenvalue weighted by Gasteiger charge is 2.40. The summed E-state index contributed by atoms with van der Waals surface area (Å²) in [5.41, 5.74) is 3.89. The Kier molecular flexibility index (Phi) is 7.24. The third-order valence-corrected chi connectivity index (χ3v) is 8.09. The molecule has 3 aliphatic rings. The van der Waals surface area contributed by atoms with Crippen molar-refractivity contribution in [3.8, 4) is 5.75 Å². The van der Waals surface area contributed by atoms with E-state index in [1.165, 1.54) is 31.5 Å². The first kappa shape index (κ1) is 24.7.